The van der Waals surface area contributed by atoms with Crippen LogP contribution in [0.3, 0.4) is 0 Å². The number of methoxy groups -OCH3 is 1. The Labute approximate surface area is 163 Å². The molecule has 3 aromatic rings. The highest BCUT2D eigenvalue weighted by Crippen LogP contribution is 2.31. The molecule has 0 aliphatic heterocycles. The van der Waals surface area contributed by atoms with Gasteiger partial charge in [-0.05, 0) is 42.5 Å². The van der Waals surface area contributed by atoms with Gasteiger partial charge in [-0.25, -0.2) is 9.48 Å². The first-order valence-electron chi connectivity index (χ1n) is 7.35. The first kappa shape index (κ1) is 18.5. The maximum absolute atomic E-state index is 12.4. The molecule has 0 N–H and O–H groups in total. The molecule has 0 amide bonds. The number of esters is 1. The zero-order valence-electron chi connectivity index (χ0n) is 13.4. The molecule has 0 spiro atoms. The van der Waals surface area contributed by atoms with Gasteiger partial charge in [0.25, 0.3) is 0 Å². The van der Waals surface area contributed by atoms with Crippen LogP contribution in [0, 0.1) is 0 Å². The molecule has 0 unspecified atom stereocenters. The summed E-state index contributed by atoms with van der Waals surface area (Å²) in [6.45, 7) is 0. The van der Waals surface area contributed by atoms with E-state index in [1.54, 1.807) is 42.5 Å². The molecular formula is C18H11Cl3N2O3. The van der Waals surface area contributed by atoms with Gasteiger partial charge < -0.3 is 4.74 Å². The molecule has 3 rings (SSSR count). The predicted octanol–water partition coefficient (Wildman–Crippen LogP) is 4.65. The van der Waals surface area contributed by atoms with E-state index in [0.29, 0.717) is 32.0 Å². The van der Waals surface area contributed by atoms with Crippen LogP contribution in [0.1, 0.15) is 10.5 Å². The monoisotopic (exact) mass is 408 g/mol. The fourth-order valence-electron chi connectivity index (χ4n) is 2.36. The second-order valence-corrected chi connectivity index (χ2v) is 6.53. The zero-order chi connectivity index (χ0) is 18.8. The number of carbonyl (C=O) groups is 1. The minimum absolute atomic E-state index is 0.337. The number of carbonyl (C=O) groups excluding carboxylic acids is 1. The van der Waals surface area contributed by atoms with Crippen molar-refractivity contribution in [1.82, 2.24) is 9.78 Å². The molecule has 0 atom stereocenters. The van der Waals surface area contributed by atoms with E-state index in [1.165, 1.54) is 17.9 Å². The van der Waals surface area contributed by atoms with Crippen molar-refractivity contribution in [1.29, 1.82) is 0 Å². The SMILES string of the molecule is COC(=O)c1nn(-c2ccc(Cl)cc2)c(-c2ccc(Cl)cc2Cl)cc1=O. The van der Waals surface area contributed by atoms with Crippen molar-refractivity contribution in [2.24, 2.45) is 0 Å². The molecule has 132 valence electrons. The summed E-state index contributed by atoms with van der Waals surface area (Å²) in [7, 11) is 1.18. The highest BCUT2D eigenvalue weighted by Gasteiger charge is 2.19. The molecule has 0 radical (unpaired) electrons. The Kier molecular flexibility index (Phi) is 5.32. The lowest BCUT2D eigenvalue weighted by Gasteiger charge is -2.15. The fraction of sp³-hybridized carbons (Fsp3) is 0.0556. The van der Waals surface area contributed by atoms with Gasteiger partial charge in [0.15, 0.2) is 0 Å². The number of rotatable bonds is 3. The molecule has 0 bridgehead atoms. The molecule has 1 aromatic heterocycles. The molecule has 0 saturated heterocycles. The number of halogens is 3. The van der Waals surface area contributed by atoms with Crippen molar-refractivity contribution in [3.63, 3.8) is 0 Å². The number of hydrogen-bond donors (Lipinski definition) is 0. The molecule has 8 heteroatoms. The summed E-state index contributed by atoms with van der Waals surface area (Å²) in [6, 6.07) is 12.9. The zero-order valence-corrected chi connectivity index (χ0v) is 15.6. The van der Waals surface area contributed by atoms with Crippen LogP contribution in [0.25, 0.3) is 16.9 Å². The van der Waals surface area contributed by atoms with Crippen molar-refractivity contribution in [2.45, 2.75) is 0 Å². The van der Waals surface area contributed by atoms with Gasteiger partial charge >= 0.3 is 5.97 Å². The van der Waals surface area contributed by atoms with Crippen LogP contribution in [0.15, 0.2) is 53.3 Å². The first-order valence-corrected chi connectivity index (χ1v) is 8.48. The van der Waals surface area contributed by atoms with Gasteiger partial charge in [0.05, 0.1) is 23.5 Å². The number of ether oxygens (including phenoxy) is 1. The summed E-state index contributed by atoms with van der Waals surface area (Å²) in [5, 5.41) is 5.51. The van der Waals surface area contributed by atoms with Crippen LogP contribution in [0.5, 0.6) is 0 Å². The van der Waals surface area contributed by atoms with Crippen molar-refractivity contribution >= 4 is 40.8 Å². The van der Waals surface area contributed by atoms with Crippen LogP contribution in [0.4, 0.5) is 0 Å². The lowest BCUT2D eigenvalue weighted by atomic mass is 10.1. The Morgan fingerprint density at radius 1 is 1.00 bits per heavy atom. The molecular weight excluding hydrogens is 399 g/mol. The van der Waals surface area contributed by atoms with E-state index in [2.05, 4.69) is 9.84 Å². The molecule has 5 nitrogen and oxygen atoms in total. The Morgan fingerprint density at radius 3 is 2.27 bits per heavy atom. The highest BCUT2D eigenvalue weighted by molar-refractivity contribution is 6.36. The number of aromatic nitrogens is 2. The summed E-state index contributed by atoms with van der Waals surface area (Å²) in [5.74, 6) is -0.827. The number of nitrogens with zero attached hydrogens (tertiary/aromatic N) is 2. The smallest absolute Gasteiger partial charge is 0.362 e. The highest BCUT2D eigenvalue weighted by atomic mass is 35.5. The van der Waals surface area contributed by atoms with E-state index < -0.39 is 11.4 Å². The Hall–Kier alpha value is -2.34. The van der Waals surface area contributed by atoms with Gasteiger partial charge in [0, 0.05) is 21.7 Å². The second kappa shape index (κ2) is 7.50. The van der Waals surface area contributed by atoms with Gasteiger partial charge in [-0.2, -0.15) is 5.10 Å². The molecule has 0 aliphatic carbocycles. The maximum atomic E-state index is 12.4. The molecule has 26 heavy (non-hydrogen) atoms. The van der Waals surface area contributed by atoms with E-state index >= 15 is 0 Å². The average Bonchev–Trinajstić information content (AvgIpc) is 2.62. The topological polar surface area (TPSA) is 61.2 Å². The summed E-state index contributed by atoms with van der Waals surface area (Å²) in [5.41, 5.74) is 0.596. The van der Waals surface area contributed by atoms with Crippen LogP contribution >= 0.6 is 34.8 Å². The lowest BCUT2D eigenvalue weighted by molar-refractivity contribution is 0.0590. The number of benzene rings is 2. The lowest BCUT2D eigenvalue weighted by Crippen LogP contribution is -2.23. The van der Waals surface area contributed by atoms with Crippen molar-refractivity contribution in [3.05, 3.63) is 79.5 Å². The van der Waals surface area contributed by atoms with Crippen molar-refractivity contribution in [3.8, 4) is 16.9 Å². The third kappa shape index (κ3) is 3.60. The third-order valence-corrected chi connectivity index (χ3v) is 4.39. The number of hydrogen-bond acceptors (Lipinski definition) is 4. The van der Waals surface area contributed by atoms with Gasteiger partial charge in [-0.1, -0.05) is 34.8 Å². The average molecular weight is 410 g/mol. The molecule has 0 fully saturated rings. The fourth-order valence-corrected chi connectivity index (χ4v) is 2.99. The van der Waals surface area contributed by atoms with Crippen molar-refractivity contribution in [2.75, 3.05) is 7.11 Å². The Balaban J connectivity index is 2.32. The van der Waals surface area contributed by atoms with Crippen LogP contribution in [0.2, 0.25) is 15.1 Å². The normalized spacial score (nSPS) is 10.6. The van der Waals surface area contributed by atoms with E-state index in [1.807, 2.05) is 0 Å². The third-order valence-electron chi connectivity index (χ3n) is 3.59. The Morgan fingerprint density at radius 2 is 1.65 bits per heavy atom. The Bertz CT molecular complexity index is 1050. The van der Waals surface area contributed by atoms with Gasteiger partial charge in [0.2, 0.25) is 11.1 Å². The standard InChI is InChI=1S/C18H11Cl3N2O3/c1-26-18(25)17-16(24)9-15(13-7-4-11(20)8-14(13)21)23(22-17)12-5-2-10(19)3-6-12/h2-9H,1H3. The molecule has 2 aromatic carbocycles. The van der Waals surface area contributed by atoms with E-state index in [4.69, 9.17) is 34.8 Å². The van der Waals surface area contributed by atoms with Gasteiger partial charge in [0.1, 0.15) is 0 Å². The summed E-state index contributed by atoms with van der Waals surface area (Å²) >= 11 is 18.2. The van der Waals surface area contributed by atoms with E-state index in [-0.39, 0.29) is 5.69 Å². The predicted molar refractivity (Wildman–Crippen MR) is 102 cm³/mol. The van der Waals surface area contributed by atoms with Gasteiger partial charge in [-0.3, -0.25) is 4.79 Å². The summed E-state index contributed by atoms with van der Waals surface area (Å²) < 4.78 is 6.06. The summed E-state index contributed by atoms with van der Waals surface area (Å²) in [4.78, 5) is 24.2. The quantitative estimate of drug-likeness (QED) is 0.591. The van der Waals surface area contributed by atoms with Crippen LogP contribution in [-0.4, -0.2) is 22.9 Å². The first-order chi connectivity index (χ1) is 12.4. The molecule has 0 aliphatic rings. The van der Waals surface area contributed by atoms with E-state index in [0.717, 1.165) is 0 Å². The van der Waals surface area contributed by atoms with E-state index in [9.17, 15) is 9.59 Å². The van der Waals surface area contributed by atoms with Crippen LogP contribution in [-0.2, 0) is 4.74 Å². The minimum atomic E-state index is -0.827. The van der Waals surface area contributed by atoms with Crippen molar-refractivity contribution < 1.29 is 9.53 Å². The summed E-state index contributed by atoms with van der Waals surface area (Å²) in [6.07, 6.45) is 0. The molecule has 1 heterocycles. The molecule has 0 saturated carbocycles. The second-order valence-electron chi connectivity index (χ2n) is 5.25. The van der Waals surface area contributed by atoms with Crippen LogP contribution < -0.4 is 5.43 Å². The maximum Gasteiger partial charge on any atom is 0.362 e. The largest absolute Gasteiger partial charge is 0.464 e. The minimum Gasteiger partial charge on any atom is -0.464 e. The van der Waals surface area contributed by atoms with Gasteiger partial charge in [-0.15, -0.1) is 0 Å².